The van der Waals surface area contributed by atoms with Crippen LogP contribution in [-0.2, 0) is 0 Å². The van der Waals surface area contributed by atoms with Gasteiger partial charge in [0.15, 0.2) is 0 Å². The summed E-state index contributed by atoms with van der Waals surface area (Å²) >= 11 is 1.64. The molecule has 3 aliphatic rings. The fraction of sp³-hybridized carbons (Fsp3) is 0.600. The predicted octanol–water partition coefficient (Wildman–Crippen LogP) is 5.41. The van der Waals surface area contributed by atoms with Crippen molar-refractivity contribution in [1.29, 1.82) is 0 Å². The van der Waals surface area contributed by atoms with E-state index in [0.29, 0.717) is 11.6 Å². The zero-order valence-corrected chi connectivity index (χ0v) is 15.1. The third kappa shape index (κ3) is 3.21. The first-order chi connectivity index (χ1) is 11.8. The van der Waals surface area contributed by atoms with E-state index in [4.69, 9.17) is 4.98 Å². The Morgan fingerprint density at radius 3 is 2.92 bits per heavy atom. The molecule has 3 nitrogen and oxygen atoms in total. The summed E-state index contributed by atoms with van der Waals surface area (Å²) in [5.74, 6) is 0.712. The largest absolute Gasteiger partial charge is 0.311 e. The van der Waals surface area contributed by atoms with E-state index in [9.17, 15) is 4.79 Å². The maximum atomic E-state index is 13.0. The van der Waals surface area contributed by atoms with Crippen LogP contribution in [0.15, 0.2) is 23.2 Å². The van der Waals surface area contributed by atoms with Crippen molar-refractivity contribution in [2.24, 2.45) is 5.92 Å². The summed E-state index contributed by atoms with van der Waals surface area (Å²) in [5.41, 5.74) is 3.28. The molecule has 4 rings (SSSR count). The predicted molar refractivity (Wildman–Crippen MR) is 98.9 cm³/mol. The van der Waals surface area contributed by atoms with Crippen LogP contribution >= 0.6 is 11.3 Å². The fourth-order valence-corrected chi connectivity index (χ4v) is 5.13. The summed E-state index contributed by atoms with van der Waals surface area (Å²) in [4.78, 5) is 19.8. The number of amides is 1. The second kappa shape index (κ2) is 7.22. The molecule has 0 aromatic carbocycles. The second-order valence-corrected chi connectivity index (χ2v) is 8.08. The van der Waals surface area contributed by atoms with E-state index in [0.717, 1.165) is 37.2 Å². The highest BCUT2D eigenvalue weighted by Gasteiger charge is 2.31. The quantitative estimate of drug-likeness (QED) is 0.720. The van der Waals surface area contributed by atoms with Gasteiger partial charge in [-0.3, -0.25) is 4.79 Å². The minimum Gasteiger partial charge on any atom is -0.311 e. The summed E-state index contributed by atoms with van der Waals surface area (Å²) in [7, 11) is 0. The molecule has 0 spiro atoms. The summed E-state index contributed by atoms with van der Waals surface area (Å²) in [5, 5.41) is 3.03. The van der Waals surface area contributed by atoms with Gasteiger partial charge in [-0.1, -0.05) is 18.6 Å². The van der Waals surface area contributed by atoms with Gasteiger partial charge in [-0.2, -0.15) is 0 Å². The smallest absolute Gasteiger partial charge is 0.277 e. The number of carbonyl (C=O) groups excluding carboxylic acids is 1. The second-order valence-electron chi connectivity index (χ2n) is 7.22. The molecule has 1 aromatic heterocycles. The average Bonchev–Trinajstić information content (AvgIpc) is 2.96. The number of rotatable bonds is 2. The van der Waals surface area contributed by atoms with Crippen LogP contribution in [0.3, 0.4) is 0 Å². The van der Waals surface area contributed by atoms with Crippen molar-refractivity contribution in [3.8, 4) is 0 Å². The number of piperidine rings is 1. The van der Waals surface area contributed by atoms with E-state index < -0.39 is 0 Å². The molecule has 1 amide bonds. The lowest BCUT2D eigenvalue weighted by Crippen LogP contribution is -2.39. The van der Waals surface area contributed by atoms with Gasteiger partial charge < -0.3 is 4.90 Å². The van der Waals surface area contributed by atoms with Crippen LogP contribution in [0.25, 0.3) is 5.57 Å². The highest BCUT2D eigenvalue weighted by molar-refractivity contribution is 7.11. The highest BCUT2D eigenvalue weighted by Crippen LogP contribution is 2.36. The summed E-state index contributed by atoms with van der Waals surface area (Å²) in [6.45, 7) is 0.858. The number of aromatic nitrogens is 1. The zero-order valence-electron chi connectivity index (χ0n) is 14.3. The topological polar surface area (TPSA) is 33.2 Å². The Kier molecular flexibility index (Phi) is 4.83. The summed E-state index contributed by atoms with van der Waals surface area (Å²) in [6, 6.07) is 0. The molecule has 1 saturated heterocycles. The van der Waals surface area contributed by atoms with Gasteiger partial charge in [0.1, 0.15) is 10.7 Å². The molecule has 1 aliphatic heterocycles. The lowest BCUT2D eigenvalue weighted by Gasteiger charge is -2.37. The van der Waals surface area contributed by atoms with Crippen LogP contribution in [0.2, 0.25) is 0 Å². The standard InChI is InChI=1S/C20H26N2OS/c23-20(22-13-7-11-15-8-5-6-12-18(15)22)17-14-24-19(21-17)16-9-3-1-2-4-10-16/h9,12,14-15H,1-8,10-11,13H2. The lowest BCUT2D eigenvalue weighted by atomic mass is 9.85. The van der Waals surface area contributed by atoms with Crippen molar-refractivity contribution in [2.45, 2.75) is 64.2 Å². The number of thiazole rings is 1. The first-order valence-electron chi connectivity index (χ1n) is 9.50. The van der Waals surface area contributed by atoms with E-state index >= 15 is 0 Å². The third-order valence-electron chi connectivity index (χ3n) is 5.56. The van der Waals surface area contributed by atoms with Gasteiger partial charge in [-0.05, 0) is 69.3 Å². The first kappa shape index (κ1) is 16.1. The molecule has 24 heavy (non-hydrogen) atoms. The SMILES string of the molecule is O=C(c1csc(C2=CCCCCC2)n1)N1CCCC2CCCC=C21. The molecule has 1 fully saturated rings. The van der Waals surface area contributed by atoms with Crippen LogP contribution in [0, 0.1) is 5.92 Å². The number of nitrogens with zero attached hydrogens (tertiary/aromatic N) is 2. The number of carbonyl (C=O) groups is 1. The Hall–Kier alpha value is -1.42. The maximum absolute atomic E-state index is 13.0. The van der Waals surface area contributed by atoms with Gasteiger partial charge in [0.25, 0.3) is 5.91 Å². The molecular weight excluding hydrogens is 316 g/mol. The molecule has 1 unspecified atom stereocenters. The number of fused-ring (bicyclic) bond motifs is 1. The van der Waals surface area contributed by atoms with Crippen molar-refractivity contribution < 1.29 is 4.79 Å². The molecular formula is C20H26N2OS. The van der Waals surface area contributed by atoms with Crippen molar-refractivity contribution in [1.82, 2.24) is 9.88 Å². The van der Waals surface area contributed by atoms with E-state index in [1.807, 2.05) is 10.3 Å². The Morgan fingerprint density at radius 1 is 1.08 bits per heavy atom. The van der Waals surface area contributed by atoms with E-state index in [2.05, 4.69) is 12.2 Å². The Bertz CT molecular complexity index is 673. The lowest BCUT2D eigenvalue weighted by molar-refractivity contribution is 0.0744. The van der Waals surface area contributed by atoms with Crippen LogP contribution in [0.4, 0.5) is 0 Å². The van der Waals surface area contributed by atoms with Gasteiger partial charge in [0.2, 0.25) is 0 Å². The molecule has 0 bridgehead atoms. The molecule has 4 heteroatoms. The number of likely N-dealkylation sites (tertiary alicyclic amines) is 1. The molecule has 1 atom stereocenters. The van der Waals surface area contributed by atoms with Crippen LogP contribution in [-0.4, -0.2) is 22.3 Å². The first-order valence-corrected chi connectivity index (χ1v) is 10.4. The van der Waals surface area contributed by atoms with Crippen LogP contribution < -0.4 is 0 Å². The number of allylic oxidation sites excluding steroid dienone is 4. The molecule has 128 valence electrons. The number of hydrogen-bond acceptors (Lipinski definition) is 3. The molecule has 2 heterocycles. The monoisotopic (exact) mass is 342 g/mol. The Balaban J connectivity index is 1.54. The van der Waals surface area contributed by atoms with Gasteiger partial charge in [0, 0.05) is 17.6 Å². The van der Waals surface area contributed by atoms with Crippen molar-refractivity contribution in [3.05, 3.63) is 33.9 Å². The molecule has 0 radical (unpaired) electrons. The van der Waals surface area contributed by atoms with Gasteiger partial charge >= 0.3 is 0 Å². The van der Waals surface area contributed by atoms with Gasteiger partial charge in [0.05, 0.1) is 0 Å². The van der Waals surface area contributed by atoms with Crippen molar-refractivity contribution in [2.75, 3.05) is 6.54 Å². The van der Waals surface area contributed by atoms with Crippen molar-refractivity contribution >= 4 is 22.8 Å². The van der Waals surface area contributed by atoms with E-state index in [-0.39, 0.29) is 5.91 Å². The Morgan fingerprint density at radius 2 is 1.96 bits per heavy atom. The normalized spacial score (nSPS) is 24.7. The number of hydrogen-bond donors (Lipinski definition) is 0. The minimum atomic E-state index is 0.115. The van der Waals surface area contributed by atoms with E-state index in [1.54, 1.807) is 11.3 Å². The van der Waals surface area contributed by atoms with E-state index in [1.165, 1.54) is 49.8 Å². The minimum absolute atomic E-state index is 0.115. The maximum Gasteiger partial charge on any atom is 0.277 e. The molecule has 0 N–H and O–H groups in total. The van der Waals surface area contributed by atoms with Gasteiger partial charge in [-0.15, -0.1) is 11.3 Å². The average molecular weight is 343 g/mol. The fourth-order valence-electron chi connectivity index (χ4n) is 4.26. The summed E-state index contributed by atoms with van der Waals surface area (Å²) < 4.78 is 0. The third-order valence-corrected chi connectivity index (χ3v) is 6.48. The highest BCUT2D eigenvalue weighted by atomic mass is 32.1. The van der Waals surface area contributed by atoms with Gasteiger partial charge in [-0.25, -0.2) is 4.98 Å². The molecule has 1 aromatic rings. The molecule has 0 saturated carbocycles. The van der Waals surface area contributed by atoms with Crippen LogP contribution in [0.1, 0.15) is 79.7 Å². The Labute approximate surface area is 148 Å². The van der Waals surface area contributed by atoms with Crippen molar-refractivity contribution in [3.63, 3.8) is 0 Å². The molecule has 2 aliphatic carbocycles. The zero-order chi connectivity index (χ0) is 16.4. The summed E-state index contributed by atoms with van der Waals surface area (Å²) in [6.07, 6.45) is 16.7. The van der Waals surface area contributed by atoms with Crippen LogP contribution in [0.5, 0.6) is 0 Å².